The SMILES string of the molecule is CCn1c(SCC(=O)NCCCN2CCCC(C(N)=O)C2)nnc1-c1ccccc1C. The van der Waals surface area contributed by atoms with Gasteiger partial charge in [-0.05, 0) is 51.8 Å². The third-order valence-corrected chi connectivity index (χ3v) is 6.60. The summed E-state index contributed by atoms with van der Waals surface area (Å²) in [7, 11) is 0. The quantitative estimate of drug-likeness (QED) is 0.429. The van der Waals surface area contributed by atoms with Crippen LogP contribution in [0.5, 0.6) is 0 Å². The number of likely N-dealkylation sites (tertiary alicyclic amines) is 1. The average molecular weight is 445 g/mol. The lowest BCUT2D eigenvalue weighted by Gasteiger charge is -2.31. The molecule has 2 aromatic rings. The number of rotatable bonds is 10. The van der Waals surface area contributed by atoms with Crippen molar-refractivity contribution in [3.8, 4) is 11.4 Å². The monoisotopic (exact) mass is 444 g/mol. The Kier molecular flexibility index (Phi) is 8.48. The number of aromatic nitrogens is 3. The fourth-order valence-corrected chi connectivity index (χ4v) is 4.74. The number of aryl methyl sites for hydroxylation is 1. The standard InChI is InChI=1S/C22H32N6O2S/c1-3-28-21(18-10-5-4-8-16(18)2)25-26-22(28)31-15-19(29)24-11-7-13-27-12-6-9-17(14-27)20(23)30/h4-5,8,10,17H,3,6-7,9,11-15H2,1-2H3,(H2,23,30)(H,24,29). The van der Waals surface area contributed by atoms with E-state index in [2.05, 4.69) is 40.3 Å². The maximum atomic E-state index is 12.3. The second kappa shape index (κ2) is 11.3. The number of hydrogen-bond acceptors (Lipinski definition) is 6. The van der Waals surface area contributed by atoms with Gasteiger partial charge in [-0.25, -0.2) is 0 Å². The molecule has 0 aliphatic carbocycles. The number of nitrogens with zero attached hydrogens (tertiary/aromatic N) is 4. The van der Waals surface area contributed by atoms with Gasteiger partial charge in [0.15, 0.2) is 11.0 Å². The molecule has 2 amide bonds. The van der Waals surface area contributed by atoms with Crippen LogP contribution < -0.4 is 11.1 Å². The van der Waals surface area contributed by atoms with Crippen LogP contribution in [0.1, 0.15) is 31.7 Å². The van der Waals surface area contributed by atoms with E-state index in [4.69, 9.17) is 5.73 Å². The van der Waals surface area contributed by atoms with Gasteiger partial charge in [0.25, 0.3) is 0 Å². The van der Waals surface area contributed by atoms with Gasteiger partial charge in [0, 0.05) is 25.2 Å². The van der Waals surface area contributed by atoms with Crippen molar-refractivity contribution in [2.75, 3.05) is 31.9 Å². The largest absolute Gasteiger partial charge is 0.369 e. The molecule has 1 atom stereocenters. The number of benzene rings is 1. The van der Waals surface area contributed by atoms with E-state index < -0.39 is 0 Å². The van der Waals surface area contributed by atoms with Gasteiger partial charge >= 0.3 is 0 Å². The van der Waals surface area contributed by atoms with Crippen LogP contribution in [-0.2, 0) is 16.1 Å². The van der Waals surface area contributed by atoms with E-state index in [0.29, 0.717) is 12.3 Å². The molecule has 0 bridgehead atoms. The Bertz CT molecular complexity index is 900. The molecule has 0 saturated carbocycles. The molecule has 0 radical (unpaired) electrons. The van der Waals surface area contributed by atoms with Crippen molar-refractivity contribution in [1.29, 1.82) is 0 Å². The van der Waals surface area contributed by atoms with Crippen molar-refractivity contribution in [2.24, 2.45) is 11.7 Å². The lowest BCUT2D eigenvalue weighted by atomic mass is 9.97. The maximum absolute atomic E-state index is 12.3. The molecule has 8 nitrogen and oxygen atoms in total. The molecule has 3 N–H and O–H groups in total. The first-order chi connectivity index (χ1) is 15.0. The van der Waals surface area contributed by atoms with Crippen LogP contribution in [0.4, 0.5) is 0 Å². The lowest BCUT2D eigenvalue weighted by Crippen LogP contribution is -2.42. The summed E-state index contributed by atoms with van der Waals surface area (Å²) in [5.74, 6) is 0.876. The minimum Gasteiger partial charge on any atom is -0.369 e. The Hall–Kier alpha value is -2.39. The summed E-state index contributed by atoms with van der Waals surface area (Å²) in [4.78, 5) is 25.9. The van der Waals surface area contributed by atoms with Crippen LogP contribution in [0.25, 0.3) is 11.4 Å². The van der Waals surface area contributed by atoms with Gasteiger partial charge in [0.1, 0.15) is 0 Å². The Labute approximate surface area is 188 Å². The first-order valence-electron chi connectivity index (χ1n) is 10.9. The van der Waals surface area contributed by atoms with Gasteiger partial charge in [0.05, 0.1) is 11.7 Å². The van der Waals surface area contributed by atoms with E-state index in [0.717, 1.165) is 67.5 Å². The fourth-order valence-electron chi connectivity index (χ4n) is 3.91. The molecule has 2 heterocycles. The molecule has 1 saturated heterocycles. The van der Waals surface area contributed by atoms with Gasteiger partial charge in [-0.2, -0.15) is 0 Å². The lowest BCUT2D eigenvalue weighted by molar-refractivity contribution is -0.123. The second-order valence-corrected chi connectivity index (χ2v) is 8.84. The molecule has 1 aliphatic rings. The summed E-state index contributed by atoms with van der Waals surface area (Å²) < 4.78 is 2.05. The topological polar surface area (TPSA) is 106 Å². The molecule has 1 aromatic heterocycles. The van der Waals surface area contributed by atoms with Gasteiger partial charge in [-0.15, -0.1) is 10.2 Å². The first-order valence-corrected chi connectivity index (χ1v) is 11.9. The molecule has 168 valence electrons. The molecular formula is C22H32N6O2S. The first kappa shape index (κ1) is 23.3. The third kappa shape index (κ3) is 6.30. The molecule has 3 rings (SSSR count). The summed E-state index contributed by atoms with van der Waals surface area (Å²) in [6.45, 7) is 8.05. The number of piperidine rings is 1. The number of nitrogens with one attached hydrogen (secondary N) is 1. The van der Waals surface area contributed by atoms with Crippen molar-refractivity contribution >= 4 is 23.6 Å². The van der Waals surface area contributed by atoms with E-state index in [1.807, 2.05) is 22.8 Å². The van der Waals surface area contributed by atoms with Crippen LogP contribution >= 0.6 is 11.8 Å². The molecule has 1 aliphatic heterocycles. The number of hydrogen-bond donors (Lipinski definition) is 2. The highest BCUT2D eigenvalue weighted by atomic mass is 32.2. The highest BCUT2D eigenvalue weighted by molar-refractivity contribution is 7.99. The summed E-state index contributed by atoms with van der Waals surface area (Å²) in [5, 5.41) is 12.4. The normalized spacial score (nSPS) is 16.9. The van der Waals surface area contributed by atoms with Crippen molar-refractivity contribution < 1.29 is 9.59 Å². The maximum Gasteiger partial charge on any atom is 0.230 e. The number of amides is 2. The number of carbonyl (C=O) groups excluding carboxylic acids is 2. The van der Waals surface area contributed by atoms with Gasteiger partial charge in [0.2, 0.25) is 11.8 Å². The van der Waals surface area contributed by atoms with E-state index in [-0.39, 0.29) is 17.7 Å². The van der Waals surface area contributed by atoms with Crippen molar-refractivity contribution in [1.82, 2.24) is 25.0 Å². The van der Waals surface area contributed by atoms with Crippen LogP contribution in [-0.4, -0.2) is 63.4 Å². The van der Waals surface area contributed by atoms with Crippen LogP contribution in [0.3, 0.4) is 0 Å². The summed E-state index contributed by atoms with van der Waals surface area (Å²) in [6.07, 6.45) is 2.73. The van der Waals surface area contributed by atoms with Crippen LogP contribution in [0, 0.1) is 12.8 Å². The minimum absolute atomic E-state index is 0.0123. The predicted octanol–water partition coefficient (Wildman–Crippen LogP) is 2.07. The Morgan fingerprint density at radius 1 is 1.29 bits per heavy atom. The van der Waals surface area contributed by atoms with Crippen molar-refractivity contribution in [2.45, 2.75) is 44.8 Å². The molecule has 0 spiro atoms. The van der Waals surface area contributed by atoms with Crippen LogP contribution in [0.2, 0.25) is 0 Å². The third-order valence-electron chi connectivity index (χ3n) is 5.63. The van der Waals surface area contributed by atoms with Crippen molar-refractivity contribution in [3.63, 3.8) is 0 Å². The highest BCUT2D eigenvalue weighted by Gasteiger charge is 2.23. The molecule has 31 heavy (non-hydrogen) atoms. The zero-order valence-corrected chi connectivity index (χ0v) is 19.2. The smallest absolute Gasteiger partial charge is 0.230 e. The second-order valence-electron chi connectivity index (χ2n) is 7.90. The van der Waals surface area contributed by atoms with E-state index in [1.165, 1.54) is 11.8 Å². The number of thioether (sulfide) groups is 1. The molecule has 1 fully saturated rings. The number of carbonyl (C=O) groups is 2. The average Bonchev–Trinajstić information content (AvgIpc) is 3.18. The molecule has 1 unspecified atom stereocenters. The van der Waals surface area contributed by atoms with E-state index in [9.17, 15) is 9.59 Å². The molecule has 1 aromatic carbocycles. The molecule has 9 heteroatoms. The van der Waals surface area contributed by atoms with Crippen LogP contribution in [0.15, 0.2) is 29.4 Å². The predicted molar refractivity (Wildman–Crippen MR) is 123 cm³/mol. The van der Waals surface area contributed by atoms with E-state index in [1.54, 1.807) is 0 Å². The zero-order chi connectivity index (χ0) is 22.2. The van der Waals surface area contributed by atoms with Gasteiger partial charge in [-0.3, -0.25) is 9.59 Å². The summed E-state index contributed by atoms with van der Waals surface area (Å²) >= 11 is 1.41. The minimum atomic E-state index is -0.208. The van der Waals surface area contributed by atoms with Gasteiger partial charge in [-0.1, -0.05) is 36.0 Å². The highest BCUT2D eigenvalue weighted by Crippen LogP contribution is 2.26. The Morgan fingerprint density at radius 3 is 2.84 bits per heavy atom. The number of primary amides is 1. The molecular weight excluding hydrogens is 412 g/mol. The Balaban J connectivity index is 1.43. The fraction of sp³-hybridized carbons (Fsp3) is 0.545. The van der Waals surface area contributed by atoms with Crippen molar-refractivity contribution in [3.05, 3.63) is 29.8 Å². The zero-order valence-electron chi connectivity index (χ0n) is 18.3. The summed E-state index contributed by atoms with van der Waals surface area (Å²) in [6, 6.07) is 8.10. The number of nitrogens with two attached hydrogens (primary N) is 1. The Morgan fingerprint density at radius 2 is 2.10 bits per heavy atom. The van der Waals surface area contributed by atoms with Gasteiger partial charge < -0.3 is 20.5 Å². The van der Waals surface area contributed by atoms with E-state index >= 15 is 0 Å². The summed E-state index contributed by atoms with van der Waals surface area (Å²) in [5.41, 5.74) is 7.64.